The van der Waals surface area contributed by atoms with Crippen molar-refractivity contribution >= 4 is 33.2 Å². The Morgan fingerprint density at radius 3 is 2.62 bits per heavy atom. The van der Waals surface area contributed by atoms with Gasteiger partial charge in [-0.2, -0.15) is 0 Å². The van der Waals surface area contributed by atoms with Gasteiger partial charge in [-0.05, 0) is 30.3 Å². The second kappa shape index (κ2) is 7.83. The molecule has 0 aliphatic rings. The van der Waals surface area contributed by atoms with E-state index >= 15 is 0 Å². The van der Waals surface area contributed by atoms with Crippen LogP contribution in [0.3, 0.4) is 0 Å². The summed E-state index contributed by atoms with van der Waals surface area (Å²) in [6.45, 7) is 4.65. The third kappa shape index (κ3) is 4.22. The van der Waals surface area contributed by atoms with Gasteiger partial charge >= 0.3 is 0 Å². The summed E-state index contributed by atoms with van der Waals surface area (Å²) in [5.41, 5.74) is 3.57. The number of halogens is 2. The second-order valence-electron chi connectivity index (χ2n) is 4.97. The Balaban J connectivity index is 2.24. The third-order valence-electron chi connectivity index (χ3n) is 3.42. The van der Waals surface area contributed by atoms with Gasteiger partial charge in [0.1, 0.15) is 0 Å². The first kappa shape index (κ1) is 16.3. The van der Waals surface area contributed by atoms with Crippen LogP contribution in [0.25, 0.3) is 0 Å². The lowest BCUT2D eigenvalue weighted by Crippen LogP contribution is -2.21. The predicted octanol–water partition coefficient (Wildman–Crippen LogP) is 4.85. The summed E-state index contributed by atoms with van der Waals surface area (Å²) in [7, 11) is 2.10. The Labute approximate surface area is 140 Å². The highest BCUT2D eigenvalue weighted by molar-refractivity contribution is 9.10. The van der Waals surface area contributed by atoms with Crippen molar-refractivity contribution in [3.8, 4) is 0 Å². The second-order valence-corrected chi connectivity index (χ2v) is 6.23. The van der Waals surface area contributed by atoms with Crippen molar-refractivity contribution in [3.05, 3.63) is 63.1 Å². The van der Waals surface area contributed by atoms with Gasteiger partial charge in [-0.1, -0.05) is 58.7 Å². The van der Waals surface area contributed by atoms with Gasteiger partial charge in [-0.15, -0.1) is 0 Å². The molecule has 0 heterocycles. The number of benzene rings is 2. The van der Waals surface area contributed by atoms with Crippen LogP contribution in [-0.2, 0) is 13.1 Å². The van der Waals surface area contributed by atoms with E-state index in [0.717, 1.165) is 34.7 Å². The smallest absolute Gasteiger partial charge is 0.0471 e. The van der Waals surface area contributed by atoms with E-state index in [-0.39, 0.29) is 0 Å². The quantitative estimate of drug-likeness (QED) is 0.785. The molecule has 21 heavy (non-hydrogen) atoms. The molecule has 2 nitrogen and oxygen atoms in total. The molecule has 0 radical (unpaired) electrons. The summed E-state index contributed by atoms with van der Waals surface area (Å²) < 4.78 is 1.13. The number of hydrogen-bond donors (Lipinski definition) is 1. The zero-order valence-corrected chi connectivity index (χ0v) is 14.7. The number of nitrogens with zero attached hydrogens (tertiary/aromatic N) is 1. The minimum atomic E-state index is 0.784. The highest BCUT2D eigenvalue weighted by Gasteiger charge is 2.11. The molecule has 0 bridgehead atoms. The fraction of sp³-hybridized carbons (Fsp3) is 0.294. The third-order valence-corrected chi connectivity index (χ3v) is 4.55. The van der Waals surface area contributed by atoms with Crippen LogP contribution in [0.2, 0.25) is 5.02 Å². The summed E-state index contributed by atoms with van der Waals surface area (Å²) in [5, 5.41) is 4.17. The molecule has 0 aliphatic heterocycles. The largest absolute Gasteiger partial charge is 0.370 e. The fourth-order valence-corrected chi connectivity index (χ4v) is 2.94. The maximum absolute atomic E-state index is 6.37. The SMILES string of the molecule is CCNCc1c(Cl)cccc1N(C)Cc1ccccc1Br. The molecule has 4 heteroatoms. The van der Waals surface area contributed by atoms with Crippen molar-refractivity contribution in [3.63, 3.8) is 0 Å². The van der Waals surface area contributed by atoms with Crippen molar-refractivity contribution in [2.24, 2.45) is 0 Å². The van der Waals surface area contributed by atoms with Gasteiger partial charge in [0.15, 0.2) is 0 Å². The first-order chi connectivity index (χ1) is 10.1. The summed E-state index contributed by atoms with van der Waals surface area (Å²) >= 11 is 9.97. The van der Waals surface area contributed by atoms with E-state index in [1.54, 1.807) is 0 Å². The van der Waals surface area contributed by atoms with E-state index in [0.29, 0.717) is 0 Å². The Morgan fingerprint density at radius 1 is 1.14 bits per heavy atom. The minimum Gasteiger partial charge on any atom is -0.370 e. The normalized spacial score (nSPS) is 10.7. The van der Waals surface area contributed by atoms with Crippen LogP contribution in [0.4, 0.5) is 5.69 Å². The number of hydrogen-bond acceptors (Lipinski definition) is 2. The molecule has 0 spiro atoms. The van der Waals surface area contributed by atoms with Crippen LogP contribution in [0.1, 0.15) is 18.1 Å². The molecule has 0 fully saturated rings. The van der Waals surface area contributed by atoms with Crippen molar-refractivity contribution in [1.82, 2.24) is 5.32 Å². The van der Waals surface area contributed by atoms with Gasteiger partial charge in [0, 0.05) is 40.9 Å². The maximum atomic E-state index is 6.37. The highest BCUT2D eigenvalue weighted by atomic mass is 79.9. The minimum absolute atomic E-state index is 0.784. The van der Waals surface area contributed by atoms with Crippen LogP contribution in [0.15, 0.2) is 46.9 Å². The van der Waals surface area contributed by atoms with Crippen molar-refractivity contribution in [2.75, 3.05) is 18.5 Å². The molecule has 0 saturated carbocycles. The van der Waals surface area contributed by atoms with Gasteiger partial charge in [0.2, 0.25) is 0 Å². The maximum Gasteiger partial charge on any atom is 0.0471 e. The van der Waals surface area contributed by atoms with E-state index < -0.39 is 0 Å². The molecule has 0 amide bonds. The predicted molar refractivity (Wildman–Crippen MR) is 95.1 cm³/mol. The van der Waals surface area contributed by atoms with E-state index in [4.69, 9.17) is 11.6 Å². The zero-order valence-electron chi connectivity index (χ0n) is 12.4. The van der Waals surface area contributed by atoms with E-state index in [1.165, 1.54) is 11.3 Å². The molecule has 2 aromatic carbocycles. The van der Waals surface area contributed by atoms with E-state index in [9.17, 15) is 0 Å². The molecule has 0 saturated heterocycles. The Hall–Kier alpha value is -1.03. The Morgan fingerprint density at radius 2 is 1.90 bits per heavy atom. The molecule has 0 unspecified atom stereocenters. The average molecular weight is 368 g/mol. The molecule has 0 aromatic heterocycles. The summed E-state index contributed by atoms with van der Waals surface area (Å²) in [5.74, 6) is 0. The Bertz CT molecular complexity index is 601. The first-order valence-corrected chi connectivity index (χ1v) is 8.23. The number of nitrogens with one attached hydrogen (secondary N) is 1. The number of anilines is 1. The van der Waals surface area contributed by atoms with E-state index in [2.05, 4.69) is 64.4 Å². The molecular weight excluding hydrogens is 348 g/mol. The molecule has 112 valence electrons. The number of rotatable bonds is 6. The van der Waals surface area contributed by atoms with Gasteiger partial charge < -0.3 is 10.2 Å². The zero-order chi connectivity index (χ0) is 15.2. The van der Waals surface area contributed by atoms with Gasteiger partial charge in [-0.3, -0.25) is 0 Å². The van der Waals surface area contributed by atoms with Crippen LogP contribution in [0, 0.1) is 0 Å². The van der Waals surface area contributed by atoms with Crippen molar-refractivity contribution in [2.45, 2.75) is 20.0 Å². The molecular formula is C17H20BrClN2. The van der Waals surface area contributed by atoms with Gasteiger partial charge in [-0.25, -0.2) is 0 Å². The van der Waals surface area contributed by atoms with Crippen LogP contribution >= 0.6 is 27.5 Å². The highest BCUT2D eigenvalue weighted by Crippen LogP contribution is 2.28. The Kier molecular flexibility index (Phi) is 6.09. The van der Waals surface area contributed by atoms with Crippen LogP contribution in [0.5, 0.6) is 0 Å². The average Bonchev–Trinajstić information content (AvgIpc) is 2.48. The molecule has 0 atom stereocenters. The lowest BCUT2D eigenvalue weighted by atomic mass is 10.1. The lowest BCUT2D eigenvalue weighted by Gasteiger charge is -2.24. The fourth-order valence-electron chi connectivity index (χ4n) is 2.30. The molecule has 2 aromatic rings. The first-order valence-electron chi connectivity index (χ1n) is 7.06. The van der Waals surface area contributed by atoms with E-state index in [1.807, 2.05) is 18.2 Å². The topological polar surface area (TPSA) is 15.3 Å². The molecule has 0 aliphatic carbocycles. The lowest BCUT2D eigenvalue weighted by molar-refractivity contribution is 0.723. The summed E-state index contributed by atoms with van der Waals surface area (Å²) in [6, 6.07) is 14.4. The summed E-state index contributed by atoms with van der Waals surface area (Å²) in [6.07, 6.45) is 0. The van der Waals surface area contributed by atoms with Gasteiger partial charge in [0.25, 0.3) is 0 Å². The molecule has 1 N–H and O–H groups in total. The van der Waals surface area contributed by atoms with Crippen molar-refractivity contribution in [1.29, 1.82) is 0 Å². The van der Waals surface area contributed by atoms with Crippen molar-refractivity contribution < 1.29 is 0 Å². The standard InChI is InChI=1S/C17H20BrClN2/c1-3-20-11-14-16(19)9-6-10-17(14)21(2)12-13-7-4-5-8-15(13)18/h4-10,20H,3,11-12H2,1-2H3. The van der Waals surface area contributed by atoms with Gasteiger partial charge in [0.05, 0.1) is 0 Å². The van der Waals surface area contributed by atoms with Crippen LogP contribution < -0.4 is 10.2 Å². The summed E-state index contributed by atoms with van der Waals surface area (Å²) in [4.78, 5) is 2.23. The monoisotopic (exact) mass is 366 g/mol. The molecule has 2 rings (SSSR count). The van der Waals surface area contributed by atoms with Crippen LogP contribution in [-0.4, -0.2) is 13.6 Å².